The van der Waals surface area contributed by atoms with Gasteiger partial charge in [0.2, 0.25) is 5.91 Å². The van der Waals surface area contributed by atoms with Crippen LogP contribution in [0, 0.1) is 19.7 Å². The number of rotatable bonds is 9. The summed E-state index contributed by atoms with van der Waals surface area (Å²) in [6.45, 7) is 9.79. The maximum atomic E-state index is 13.8. The molecule has 8 nitrogen and oxygen atoms in total. The molecule has 0 spiro atoms. The summed E-state index contributed by atoms with van der Waals surface area (Å²) >= 11 is 2.66. The standard InChI is InChI=1S/C21H23FN6O2S2/c1-5-10-28-17(11-23-19(30)15-8-6-7-9-16(15)22)26-27-21(28)32-14(4)18(29)25-20-24-12(2)13(3)31-20/h5-9,14H,1,10-11H2,2-4H3,(H,23,30)(H,24,25,29). The first-order chi connectivity index (χ1) is 15.3. The molecule has 0 bridgehead atoms. The minimum atomic E-state index is -0.598. The quantitative estimate of drug-likeness (QED) is 0.362. The van der Waals surface area contributed by atoms with E-state index < -0.39 is 17.0 Å². The third-order valence-electron chi connectivity index (χ3n) is 4.54. The van der Waals surface area contributed by atoms with Gasteiger partial charge in [-0.2, -0.15) is 0 Å². The van der Waals surface area contributed by atoms with Crippen molar-refractivity contribution in [2.24, 2.45) is 0 Å². The van der Waals surface area contributed by atoms with E-state index in [0.717, 1.165) is 10.6 Å². The van der Waals surface area contributed by atoms with E-state index in [1.807, 2.05) is 13.8 Å². The van der Waals surface area contributed by atoms with Crippen LogP contribution in [0.25, 0.3) is 0 Å². The minimum absolute atomic E-state index is 0.0464. The Hall–Kier alpha value is -3.05. The third-order valence-corrected chi connectivity index (χ3v) is 6.61. The van der Waals surface area contributed by atoms with Gasteiger partial charge < -0.3 is 15.2 Å². The molecule has 0 saturated heterocycles. The second-order valence-electron chi connectivity index (χ2n) is 6.87. The summed E-state index contributed by atoms with van der Waals surface area (Å²) in [7, 11) is 0. The smallest absolute Gasteiger partial charge is 0.254 e. The predicted molar refractivity (Wildman–Crippen MR) is 123 cm³/mol. The van der Waals surface area contributed by atoms with E-state index in [0.29, 0.717) is 22.7 Å². The molecule has 1 atom stereocenters. The van der Waals surface area contributed by atoms with Crippen molar-refractivity contribution >= 4 is 40.0 Å². The summed E-state index contributed by atoms with van der Waals surface area (Å²) < 4.78 is 15.6. The Morgan fingerprint density at radius 1 is 1.31 bits per heavy atom. The number of hydrogen-bond acceptors (Lipinski definition) is 7. The molecule has 2 heterocycles. The Morgan fingerprint density at radius 3 is 2.72 bits per heavy atom. The van der Waals surface area contributed by atoms with Crippen molar-refractivity contribution in [1.82, 2.24) is 25.1 Å². The molecule has 1 unspecified atom stereocenters. The highest BCUT2D eigenvalue weighted by Gasteiger charge is 2.21. The SMILES string of the molecule is C=CCn1c(CNC(=O)c2ccccc2F)nnc1SC(C)C(=O)Nc1nc(C)c(C)s1. The number of nitrogens with one attached hydrogen (secondary N) is 2. The van der Waals surface area contributed by atoms with E-state index >= 15 is 0 Å². The Morgan fingerprint density at radius 2 is 2.06 bits per heavy atom. The molecule has 0 fully saturated rings. The number of thioether (sulfide) groups is 1. The highest BCUT2D eigenvalue weighted by Crippen LogP contribution is 2.26. The number of carbonyl (C=O) groups excluding carboxylic acids is 2. The molecule has 168 valence electrons. The summed E-state index contributed by atoms with van der Waals surface area (Å²) in [5, 5.41) is 14.4. The van der Waals surface area contributed by atoms with E-state index in [2.05, 4.69) is 32.4 Å². The van der Waals surface area contributed by atoms with Crippen molar-refractivity contribution in [1.29, 1.82) is 0 Å². The maximum absolute atomic E-state index is 13.8. The van der Waals surface area contributed by atoms with Crippen molar-refractivity contribution in [2.75, 3.05) is 5.32 Å². The second-order valence-corrected chi connectivity index (χ2v) is 9.38. The van der Waals surface area contributed by atoms with Crippen LogP contribution in [-0.2, 0) is 17.9 Å². The number of aryl methyl sites for hydroxylation is 2. The van der Waals surface area contributed by atoms with E-state index in [1.54, 1.807) is 23.6 Å². The summed E-state index contributed by atoms with van der Waals surface area (Å²) in [5.41, 5.74) is 0.841. The topological polar surface area (TPSA) is 102 Å². The van der Waals surface area contributed by atoms with Gasteiger partial charge in [0.1, 0.15) is 5.82 Å². The number of nitrogens with zero attached hydrogens (tertiary/aromatic N) is 4. The van der Waals surface area contributed by atoms with Crippen LogP contribution in [0.1, 0.15) is 33.7 Å². The molecule has 2 amide bonds. The van der Waals surface area contributed by atoms with Gasteiger partial charge >= 0.3 is 0 Å². The van der Waals surface area contributed by atoms with Crippen molar-refractivity contribution in [3.8, 4) is 0 Å². The number of halogens is 1. The fourth-order valence-corrected chi connectivity index (χ4v) is 4.39. The molecular weight excluding hydrogens is 451 g/mol. The van der Waals surface area contributed by atoms with Gasteiger partial charge in [0.05, 0.1) is 23.1 Å². The van der Waals surface area contributed by atoms with Crippen molar-refractivity contribution < 1.29 is 14.0 Å². The van der Waals surface area contributed by atoms with Gasteiger partial charge in [0, 0.05) is 11.4 Å². The number of thiazole rings is 1. The molecule has 2 N–H and O–H groups in total. The highest BCUT2D eigenvalue weighted by molar-refractivity contribution is 8.00. The lowest BCUT2D eigenvalue weighted by molar-refractivity contribution is -0.115. The Labute approximate surface area is 193 Å². The second kappa shape index (κ2) is 10.5. The maximum Gasteiger partial charge on any atom is 0.254 e. The van der Waals surface area contributed by atoms with Gasteiger partial charge in [0.25, 0.3) is 5.91 Å². The van der Waals surface area contributed by atoms with E-state index in [-0.39, 0.29) is 18.0 Å². The lowest BCUT2D eigenvalue weighted by atomic mass is 10.2. The van der Waals surface area contributed by atoms with Crippen LogP contribution in [0.3, 0.4) is 0 Å². The molecule has 0 saturated carbocycles. The molecule has 1 aromatic carbocycles. The highest BCUT2D eigenvalue weighted by atomic mass is 32.2. The molecule has 0 aliphatic rings. The van der Waals surface area contributed by atoms with Crippen LogP contribution in [-0.4, -0.2) is 36.8 Å². The first kappa shape index (κ1) is 23.6. The Balaban J connectivity index is 1.67. The van der Waals surface area contributed by atoms with E-state index in [1.165, 1.54) is 41.3 Å². The largest absolute Gasteiger partial charge is 0.345 e. The number of amides is 2. The summed E-state index contributed by atoms with van der Waals surface area (Å²) in [5.74, 6) is -0.881. The summed E-state index contributed by atoms with van der Waals surface area (Å²) in [6.07, 6.45) is 1.67. The zero-order chi connectivity index (χ0) is 23.3. The monoisotopic (exact) mass is 474 g/mol. The molecular formula is C21H23FN6O2S2. The van der Waals surface area contributed by atoms with Crippen molar-refractivity contribution in [3.63, 3.8) is 0 Å². The lowest BCUT2D eigenvalue weighted by Crippen LogP contribution is -2.26. The molecule has 0 radical (unpaired) electrons. The number of anilines is 1. The molecule has 32 heavy (non-hydrogen) atoms. The zero-order valence-corrected chi connectivity index (χ0v) is 19.5. The third kappa shape index (κ3) is 5.60. The number of hydrogen-bond donors (Lipinski definition) is 2. The van der Waals surface area contributed by atoms with Gasteiger partial charge in [-0.1, -0.05) is 30.0 Å². The molecule has 11 heteroatoms. The van der Waals surface area contributed by atoms with Crippen LogP contribution in [0.2, 0.25) is 0 Å². The van der Waals surface area contributed by atoms with E-state index in [9.17, 15) is 14.0 Å². The van der Waals surface area contributed by atoms with Crippen LogP contribution in [0.15, 0.2) is 42.1 Å². The van der Waals surface area contributed by atoms with E-state index in [4.69, 9.17) is 0 Å². The fourth-order valence-electron chi connectivity index (χ4n) is 2.69. The van der Waals surface area contributed by atoms with Crippen LogP contribution in [0.4, 0.5) is 9.52 Å². The van der Waals surface area contributed by atoms with Gasteiger partial charge in [-0.3, -0.25) is 9.59 Å². The summed E-state index contributed by atoms with van der Waals surface area (Å²) in [6, 6.07) is 5.75. The van der Waals surface area contributed by atoms with Crippen LogP contribution < -0.4 is 10.6 Å². The Kier molecular flexibility index (Phi) is 7.75. The number of allylic oxidation sites excluding steroid dienone is 1. The van der Waals surface area contributed by atoms with Gasteiger partial charge in [-0.15, -0.1) is 28.1 Å². The molecule has 0 aliphatic carbocycles. The molecule has 3 aromatic rings. The first-order valence-corrected chi connectivity index (χ1v) is 11.5. The molecule has 2 aromatic heterocycles. The number of aromatic nitrogens is 4. The fraction of sp³-hybridized carbons (Fsp3) is 0.286. The predicted octanol–water partition coefficient (Wildman–Crippen LogP) is 3.73. The van der Waals surface area contributed by atoms with Gasteiger partial charge in [-0.25, -0.2) is 9.37 Å². The van der Waals surface area contributed by atoms with Crippen LogP contribution >= 0.6 is 23.1 Å². The molecule has 3 rings (SSSR count). The first-order valence-electron chi connectivity index (χ1n) is 9.77. The lowest BCUT2D eigenvalue weighted by Gasteiger charge is -2.12. The van der Waals surface area contributed by atoms with Crippen LogP contribution in [0.5, 0.6) is 0 Å². The van der Waals surface area contributed by atoms with Gasteiger partial charge in [0.15, 0.2) is 16.1 Å². The Bertz CT molecular complexity index is 1120. The average molecular weight is 475 g/mol. The minimum Gasteiger partial charge on any atom is -0.345 e. The number of benzene rings is 1. The van der Waals surface area contributed by atoms with Crippen molar-refractivity contribution in [2.45, 2.75) is 44.3 Å². The van der Waals surface area contributed by atoms with Crippen molar-refractivity contribution in [3.05, 3.63) is 64.7 Å². The zero-order valence-electron chi connectivity index (χ0n) is 17.9. The molecule has 0 aliphatic heterocycles. The van der Waals surface area contributed by atoms with Gasteiger partial charge in [-0.05, 0) is 32.9 Å². The normalized spacial score (nSPS) is 11.8. The average Bonchev–Trinajstić information content (AvgIpc) is 3.28. The summed E-state index contributed by atoms with van der Waals surface area (Å²) in [4.78, 5) is 30.2. The number of carbonyl (C=O) groups is 2.